The number of rotatable bonds is 4. The van der Waals surface area contributed by atoms with Crippen LogP contribution in [0.25, 0.3) is 0 Å². The lowest BCUT2D eigenvalue weighted by molar-refractivity contribution is 0.0824. The number of ether oxygens (including phenoxy) is 1. The molecule has 23 heavy (non-hydrogen) atoms. The minimum Gasteiger partial charge on any atom is -0.496 e. The Labute approximate surface area is 132 Å². The number of nitrogens with zero attached hydrogens (tertiary/aromatic N) is 2. The van der Waals surface area contributed by atoms with Gasteiger partial charge in [0.15, 0.2) is 5.82 Å². The molecule has 0 radical (unpaired) electrons. The second-order valence-electron chi connectivity index (χ2n) is 4.92. The second-order valence-corrected chi connectivity index (χ2v) is 4.92. The largest absolute Gasteiger partial charge is 0.496 e. The first-order valence-corrected chi connectivity index (χ1v) is 6.74. The number of hydrogen-bond donors (Lipinski definition) is 1. The minimum atomic E-state index is -0.719. The van der Waals surface area contributed by atoms with Gasteiger partial charge in [0.05, 0.1) is 24.4 Å². The van der Waals surface area contributed by atoms with E-state index in [0.717, 1.165) is 6.20 Å². The highest BCUT2D eigenvalue weighted by Gasteiger charge is 2.17. The monoisotopic (exact) mass is 317 g/mol. The van der Waals surface area contributed by atoms with Gasteiger partial charge in [0, 0.05) is 26.0 Å². The highest BCUT2D eigenvalue weighted by atomic mass is 19.1. The third-order valence-corrected chi connectivity index (χ3v) is 3.11. The lowest BCUT2D eigenvalue weighted by Gasteiger charge is -2.15. The number of amides is 2. The number of carbonyl (C=O) groups excluding carboxylic acids is 2. The van der Waals surface area contributed by atoms with Crippen molar-refractivity contribution < 1.29 is 18.7 Å². The molecule has 0 saturated heterocycles. The number of benzene rings is 1. The van der Waals surface area contributed by atoms with E-state index in [4.69, 9.17) is 4.74 Å². The zero-order valence-electron chi connectivity index (χ0n) is 13.0. The van der Waals surface area contributed by atoms with Gasteiger partial charge in [-0.1, -0.05) is 0 Å². The molecule has 0 unspecified atom stereocenters. The molecule has 2 aromatic rings. The average Bonchev–Trinajstić information content (AvgIpc) is 2.54. The summed E-state index contributed by atoms with van der Waals surface area (Å²) in [4.78, 5) is 29.2. The van der Waals surface area contributed by atoms with Crippen LogP contribution < -0.4 is 10.1 Å². The van der Waals surface area contributed by atoms with Crippen LogP contribution >= 0.6 is 0 Å². The second kappa shape index (κ2) is 6.87. The number of pyridine rings is 1. The molecule has 120 valence electrons. The van der Waals surface area contributed by atoms with E-state index < -0.39 is 11.7 Å². The standard InChI is InChI=1S/C16H16FN3O3/c1-20(2)16(22)12-8-10(4-5-14(12)23-3)19-15(21)11-6-7-18-9-13(11)17/h4-9H,1-3H3,(H,19,21). The van der Waals surface area contributed by atoms with Crippen molar-refractivity contribution >= 4 is 17.5 Å². The van der Waals surface area contributed by atoms with Gasteiger partial charge in [-0.15, -0.1) is 0 Å². The normalized spacial score (nSPS) is 10.1. The zero-order valence-corrected chi connectivity index (χ0v) is 13.0. The van der Waals surface area contributed by atoms with Crippen LogP contribution in [0.1, 0.15) is 20.7 Å². The Morgan fingerprint density at radius 2 is 1.96 bits per heavy atom. The number of anilines is 1. The number of halogens is 1. The molecule has 1 aromatic heterocycles. The summed E-state index contributed by atoms with van der Waals surface area (Å²) < 4.78 is 18.7. The van der Waals surface area contributed by atoms with Gasteiger partial charge in [0.2, 0.25) is 0 Å². The molecule has 2 rings (SSSR count). The molecule has 1 N–H and O–H groups in total. The Bertz CT molecular complexity index is 747. The van der Waals surface area contributed by atoms with Crippen LogP contribution in [0, 0.1) is 5.82 Å². The molecule has 0 spiro atoms. The van der Waals surface area contributed by atoms with Crippen molar-refractivity contribution in [3.05, 3.63) is 53.6 Å². The van der Waals surface area contributed by atoms with E-state index in [0.29, 0.717) is 17.0 Å². The van der Waals surface area contributed by atoms with Crippen LogP contribution in [-0.4, -0.2) is 42.9 Å². The van der Waals surface area contributed by atoms with Gasteiger partial charge in [-0.05, 0) is 24.3 Å². The average molecular weight is 317 g/mol. The van der Waals surface area contributed by atoms with Crippen molar-refractivity contribution in [2.24, 2.45) is 0 Å². The first kappa shape index (κ1) is 16.4. The summed E-state index contributed by atoms with van der Waals surface area (Å²) in [6.45, 7) is 0. The molecule has 1 aromatic carbocycles. The summed E-state index contributed by atoms with van der Waals surface area (Å²) in [6.07, 6.45) is 2.29. The summed E-state index contributed by atoms with van der Waals surface area (Å²) in [7, 11) is 4.67. The SMILES string of the molecule is COc1ccc(NC(=O)c2ccncc2F)cc1C(=O)N(C)C. The number of hydrogen-bond acceptors (Lipinski definition) is 4. The molecule has 1 heterocycles. The van der Waals surface area contributed by atoms with Gasteiger partial charge < -0.3 is 15.0 Å². The molecule has 6 nitrogen and oxygen atoms in total. The lowest BCUT2D eigenvalue weighted by atomic mass is 10.1. The highest BCUT2D eigenvalue weighted by molar-refractivity contribution is 6.05. The van der Waals surface area contributed by atoms with E-state index in [1.807, 2.05) is 0 Å². The third kappa shape index (κ3) is 3.63. The predicted molar refractivity (Wildman–Crippen MR) is 83.2 cm³/mol. The summed E-state index contributed by atoms with van der Waals surface area (Å²) >= 11 is 0. The predicted octanol–water partition coefficient (Wildman–Crippen LogP) is 2.18. The molecule has 0 aliphatic heterocycles. The van der Waals surface area contributed by atoms with Crippen LogP contribution in [0.2, 0.25) is 0 Å². The summed E-state index contributed by atoms with van der Waals surface area (Å²) in [5.41, 5.74) is 0.527. The Balaban J connectivity index is 2.31. The van der Waals surface area contributed by atoms with E-state index in [9.17, 15) is 14.0 Å². The van der Waals surface area contributed by atoms with E-state index in [2.05, 4.69) is 10.3 Å². The van der Waals surface area contributed by atoms with Crippen LogP contribution in [0.5, 0.6) is 5.75 Å². The molecular weight excluding hydrogens is 301 g/mol. The van der Waals surface area contributed by atoms with Crippen LogP contribution in [0.3, 0.4) is 0 Å². The Morgan fingerprint density at radius 1 is 1.22 bits per heavy atom. The lowest BCUT2D eigenvalue weighted by Crippen LogP contribution is -2.22. The summed E-state index contributed by atoms with van der Waals surface area (Å²) in [5, 5.41) is 2.55. The number of aromatic nitrogens is 1. The van der Waals surface area contributed by atoms with Crippen molar-refractivity contribution in [2.45, 2.75) is 0 Å². The fraction of sp³-hybridized carbons (Fsp3) is 0.188. The first-order valence-electron chi connectivity index (χ1n) is 6.74. The molecule has 0 aliphatic carbocycles. The Hall–Kier alpha value is -2.96. The summed E-state index contributed by atoms with van der Waals surface area (Å²) in [5.74, 6) is -1.23. The van der Waals surface area contributed by atoms with Crippen LogP contribution in [-0.2, 0) is 0 Å². The fourth-order valence-corrected chi connectivity index (χ4v) is 1.95. The maximum atomic E-state index is 13.6. The molecule has 0 atom stereocenters. The van der Waals surface area contributed by atoms with Crippen molar-refractivity contribution in [3.8, 4) is 5.75 Å². The van der Waals surface area contributed by atoms with Gasteiger partial charge in [-0.2, -0.15) is 0 Å². The number of nitrogens with one attached hydrogen (secondary N) is 1. The first-order chi connectivity index (χ1) is 10.9. The molecule has 2 amide bonds. The smallest absolute Gasteiger partial charge is 0.258 e. The number of carbonyl (C=O) groups is 2. The highest BCUT2D eigenvalue weighted by Crippen LogP contribution is 2.24. The molecule has 7 heteroatoms. The Kier molecular flexibility index (Phi) is 4.90. The summed E-state index contributed by atoms with van der Waals surface area (Å²) in [6, 6.07) is 5.90. The maximum absolute atomic E-state index is 13.6. The Morgan fingerprint density at radius 3 is 2.57 bits per heavy atom. The van der Waals surface area contributed by atoms with E-state index >= 15 is 0 Å². The van der Waals surface area contributed by atoms with Crippen LogP contribution in [0.15, 0.2) is 36.7 Å². The van der Waals surface area contributed by atoms with Gasteiger partial charge in [-0.3, -0.25) is 14.6 Å². The van der Waals surface area contributed by atoms with Crippen molar-refractivity contribution in [2.75, 3.05) is 26.5 Å². The van der Waals surface area contributed by atoms with E-state index in [1.54, 1.807) is 26.2 Å². The minimum absolute atomic E-state index is 0.128. The van der Waals surface area contributed by atoms with E-state index in [-0.39, 0.29) is 11.5 Å². The quantitative estimate of drug-likeness (QED) is 0.938. The number of methoxy groups -OCH3 is 1. The molecule has 0 saturated carbocycles. The molecule has 0 aliphatic rings. The third-order valence-electron chi connectivity index (χ3n) is 3.11. The maximum Gasteiger partial charge on any atom is 0.258 e. The van der Waals surface area contributed by atoms with Crippen molar-refractivity contribution in [1.29, 1.82) is 0 Å². The van der Waals surface area contributed by atoms with Crippen molar-refractivity contribution in [3.63, 3.8) is 0 Å². The van der Waals surface area contributed by atoms with Gasteiger partial charge in [0.25, 0.3) is 11.8 Å². The zero-order chi connectivity index (χ0) is 17.0. The molecule has 0 fully saturated rings. The van der Waals surface area contributed by atoms with Gasteiger partial charge in [0.1, 0.15) is 5.75 Å². The fourth-order valence-electron chi connectivity index (χ4n) is 1.95. The topological polar surface area (TPSA) is 71.5 Å². The van der Waals surface area contributed by atoms with Gasteiger partial charge >= 0.3 is 0 Å². The molecular formula is C16H16FN3O3. The van der Waals surface area contributed by atoms with E-state index in [1.165, 1.54) is 30.3 Å². The van der Waals surface area contributed by atoms with Crippen molar-refractivity contribution in [1.82, 2.24) is 9.88 Å². The van der Waals surface area contributed by atoms with Crippen LogP contribution in [0.4, 0.5) is 10.1 Å². The van der Waals surface area contributed by atoms with Gasteiger partial charge in [-0.25, -0.2) is 4.39 Å². The molecule has 0 bridgehead atoms.